The number of fused-ring (bicyclic) bond motifs is 1. The molecule has 0 aliphatic carbocycles. The van der Waals surface area contributed by atoms with E-state index < -0.39 is 0 Å². The molecule has 1 atom stereocenters. The molecule has 5 heteroatoms. The lowest BCUT2D eigenvalue weighted by Crippen LogP contribution is -2.47. The van der Waals surface area contributed by atoms with Crippen LogP contribution in [0.2, 0.25) is 0 Å². The first-order chi connectivity index (χ1) is 9.35. The number of carbonyl (C=O) groups is 1. The van der Waals surface area contributed by atoms with Crippen molar-refractivity contribution in [3.05, 3.63) is 18.2 Å². The van der Waals surface area contributed by atoms with Crippen molar-refractivity contribution in [1.82, 2.24) is 5.32 Å². The topological polar surface area (TPSA) is 59.6 Å². The number of ether oxygens (including phenoxy) is 2. The largest absolute Gasteiger partial charge is 0.486 e. The van der Waals surface area contributed by atoms with E-state index in [1.807, 2.05) is 45.9 Å². The Morgan fingerprint density at radius 3 is 2.50 bits per heavy atom. The van der Waals surface area contributed by atoms with Gasteiger partial charge in [0.25, 0.3) is 0 Å². The molecular formula is C15H22N2O3. The number of amides is 1. The minimum Gasteiger partial charge on any atom is -0.486 e. The van der Waals surface area contributed by atoms with E-state index in [-0.39, 0.29) is 17.5 Å². The number of hydrogen-bond donors (Lipinski definition) is 2. The van der Waals surface area contributed by atoms with Crippen LogP contribution in [0, 0.1) is 0 Å². The SMILES string of the molecule is CC(Nc1ccc2c(c1)OCCO2)C(=O)NC(C)(C)C. The van der Waals surface area contributed by atoms with E-state index in [2.05, 4.69) is 10.6 Å². The Kier molecular flexibility index (Phi) is 4.06. The van der Waals surface area contributed by atoms with Gasteiger partial charge in [0.15, 0.2) is 11.5 Å². The van der Waals surface area contributed by atoms with Crippen molar-refractivity contribution in [3.63, 3.8) is 0 Å². The fraction of sp³-hybridized carbons (Fsp3) is 0.533. The summed E-state index contributed by atoms with van der Waals surface area (Å²) in [5.74, 6) is 1.42. The number of nitrogens with one attached hydrogen (secondary N) is 2. The molecule has 5 nitrogen and oxygen atoms in total. The van der Waals surface area contributed by atoms with Crippen LogP contribution in [-0.4, -0.2) is 30.7 Å². The molecule has 0 aromatic heterocycles. The third-order valence-electron chi connectivity index (χ3n) is 2.82. The predicted octanol–water partition coefficient (Wildman–Crippen LogP) is 2.17. The lowest BCUT2D eigenvalue weighted by molar-refractivity contribution is -0.122. The van der Waals surface area contributed by atoms with Crippen LogP contribution in [0.25, 0.3) is 0 Å². The first-order valence-corrected chi connectivity index (χ1v) is 6.83. The highest BCUT2D eigenvalue weighted by molar-refractivity contribution is 5.84. The molecule has 1 aliphatic heterocycles. The van der Waals surface area contributed by atoms with E-state index in [0.29, 0.717) is 19.0 Å². The quantitative estimate of drug-likeness (QED) is 0.889. The highest BCUT2D eigenvalue weighted by atomic mass is 16.6. The van der Waals surface area contributed by atoms with Crippen LogP contribution in [0.1, 0.15) is 27.7 Å². The van der Waals surface area contributed by atoms with Crippen molar-refractivity contribution in [2.75, 3.05) is 18.5 Å². The van der Waals surface area contributed by atoms with Crippen molar-refractivity contribution in [1.29, 1.82) is 0 Å². The van der Waals surface area contributed by atoms with Gasteiger partial charge in [0, 0.05) is 17.3 Å². The van der Waals surface area contributed by atoms with Crippen LogP contribution in [0.3, 0.4) is 0 Å². The number of carbonyl (C=O) groups excluding carboxylic acids is 1. The third kappa shape index (κ3) is 3.79. The molecular weight excluding hydrogens is 256 g/mol. The second kappa shape index (κ2) is 5.61. The molecule has 110 valence electrons. The number of rotatable bonds is 3. The molecule has 1 unspecified atom stereocenters. The Labute approximate surface area is 119 Å². The normalized spacial score (nSPS) is 15.4. The Morgan fingerprint density at radius 1 is 1.20 bits per heavy atom. The zero-order valence-corrected chi connectivity index (χ0v) is 12.4. The summed E-state index contributed by atoms with van der Waals surface area (Å²) in [6.45, 7) is 8.84. The van der Waals surface area contributed by atoms with Crippen molar-refractivity contribution in [2.45, 2.75) is 39.3 Å². The van der Waals surface area contributed by atoms with Gasteiger partial charge >= 0.3 is 0 Å². The first-order valence-electron chi connectivity index (χ1n) is 6.83. The van der Waals surface area contributed by atoms with Gasteiger partial charge < -0.3 is 20.1 Å². The molecule has 20 heavy (non-hydrogen) atoms. The zero-order valence-electron chi connectivity index (χ0n) is 12.4. The second-order valence-corrected chi connectivity index (χ2v) is 5.96. The fourth-order valence-corrected chi connectivity index (χ4v) is 1.93. The molecule has 0 spiro atoms. The summed E-state index contributed by atoms with van der Waals surface area (Å²) in [5, 5.41) is 6.11. The maximum absolute atomic E-state index is 12.0. The molecule has 0 bridgehead atoms. The predicted molar refractivity (Wildman–Crippen MR) is 78.4 cm³/mol. The van der Waals surface area contributed by atoms with Gasteiger partial charge in [-0.1, -0.05) is 0 Å². The van der Waals surface area contributed by atoms with Crippen LogP contribution >= 0.6 is 0 Å². The van der Waals surface area contributed by atoms with Gasteiger partial charge in [-0.2, -0.15) is 0 Å². The van der Waals surface area contributed by atoms with Gasteiger partial charge in [0.1, 0.15) is 19.3 Å². The molecule has 2 rings (SSSR count). The first kappa shape index (κ1) is 14.5. The Morgan fingerprint density at radius 2 is 1.85 bits per heavy atom. The number of anilines is 1. The molecule has 1 heterocycles. The standard InChI is InChI=1S/C15H22N2O3/c1-10(14(18)17-15(2,3)4)16-11-5-6-12-13(9-11)20-8-7-19-12/h5-6,9-10,16H,7-8H2,1-4H3,(H,17,18). The van der Waals surface area contributed by atoms with Crippen LogP contribution < -0.4 is 20.1 Å². The van der Waals surface area contributed by atoms with Crippen LogP contribution in [0.5, 0.6) is 11.5 Å². The summed E-state index contributed by atoms with van der Waals surface area (Å²) in [4.78, 5) is 12.0. The molecule has 1 aliphatic rings. The van der Waals surface area contributed by atoms with E-state index in [1.165, 1.54) is 0 Å². The Balaban J connectivity index is 2.01. The van der Waals surface area contributed by atoms with Crippen molar-refractivity contribution in [3.8, 4) is 11.5 Å². The summed E-state index contributed by atoms with van der Waals surface area (Å²) >= 11 is 0. The number of hydrogen-bond acceptors (Lipinski definition) is 4. The average molecular weight is 278 g/mol. The van der Waals surface area contributed by atoms with Crippen LogP contribution in [-0.2, 0) is 4.79 Å². The van der Waals surface area contributed by atoms with Gasteiger partial charge in [0.2, 0.25) is 5.91 Å². The Hall–Kier alpha value is -1.91. The zero-order chi connectivity index (χ0) is 14.8. The van der Waals surface area contributed by atoms with Crippen LogP contribution in [0.4, 0.5) is 5.69 Å². The third-order valence-corrected chi connectivity index (χ3v) is 2.82. The molecule has 0 fully saturated rings. The molecule has 1 aromatic rings. The van der Waals surface area contributed by atoms with Crippen molar-refractivity contribution in [2.24, 2.45) is 0 Å². The summed E-state index contributed by atoms with van der Waals surface area (Å²) in [5.41, 5.74) is 0.602. The molecule has 1 aromatic carbocycles. The van der Waals surface area contributed by atoms with Gasteiger partial charge in [-0.05, 0) is 39.8 Å². The molecule has 0 saturated heterocycles. The molecule has 0 saturated carbocycles. The van der Waals surface area contributed by atoms with Gasteiger partial charge in [-0.25, -0.2) is 0 Å². The summed E-state index contributed by atoms with van der Waals surface area (Å²) in [6.07, 6.45) is 0. The van der Waals surface area contributed by atoms with E-state index >= 15 is 0 Å². The minimum absolute atomic E-state index is 0.0348. The van der Waals surface area contributed by atoms with E-state index in [4.69, 9.17) is 9.47 Å². The van der Waals surface area contributed by atoms with Gasteiger partial charge in [-0.15, -0.1) is 0 Å². The van der Waals surface area contributed by atoms with Gasteiger partial charge in [-0.3, -0.25) is 4.79 Å². The van der Waals surface area contributed by atoms with Gasteiger partial charge in [0.05, 0.1) is 0 Å². The Bertz CT molecular complexity index is 494. The lowest BCUT2D eigenvalue weighted by Gasteiger charge is -2.24. The molecule has 0 radical (unpaired) electrons. The monoisotopic (exact) mass is 278 g/mol. The highest BCUT2D eigenvalue weighted by Gasteiger charge is 2.20. The van der Waals surface area contributed by atoms with E-state index in [1.54, 1.807) is 0 Å². The highest BCUT2D eigenvalue weighted by Crippen LogP contribution is 2.32. The number of benzene rings is 1. The molecule has 1 amide bonds. The minimum atomic E-state index is -0.322. The summed E-state index contributed by atoms with van der Waals surface area (Å²) < 4.78 is 11.0. The van der Waals surface area contributed by atoms with Crippen LogP contribution in [0.15, 0.2) is 18.2 Å². The summed E-state index contributed by atoms with van der Waals surface area (Å²) in [7, 11) is 0. The van der Waals surface area contributed by atoms with Crippen molar-refractivity contribution >= 4 is 11.6 Å². The maximum atomic E-state index is 12.0. The summed E-state index contributed by atoms with van der Waals surface area (Å²) in [6, 6.07) is 5.27. The smallest absolute Gasteiger partial charge is 0.242 e. The average Bonchev–Trinajstić information content (AvgIpc) is 2.36. The maximum Gasteiger partial charge on any atom is 0.242 e. The van der Waals surface area contributed by atoms with E-state index in [0.717, 1.165) is 11.4 Å². The fourth-order valence-electron chi connectivity index (χ4n) is 1.93. The van der Waals surface area contributed by atoms with E-state index in [9.17, 15) is 4.79 Å². The molecule has 2 N–H and O–H groups in total. The van der Waals surface area contributed by atoms with Crippen molar-refractivity contribution < 1.29 is 14.3 Å². The second-order valence-electron chi connectivity index (χ2n) is 5.96. The lowest BCUT2D eigenvalue weighted by atomic mass is 10.1.